The number of thiazole rings is 1. The molecule has 0 aromatic carbocycles. The first kappa shape index (κ1) is 16.4. The average Bonchev–Trinajstić information content (AvgIpc) is 3.32. The van der Waals surface area contributed by atoms with Crippen LogP contribution < -0.4 is 16.0 Å². The van der Waals surface area contributed by atoms with E-state index >= 15 is 0 Å². The first-order chi connectivity index (χ1) is 15.0. The number of carbonyl (C=O) groups is 1. The zero-order valence-corrected chi connectivity index (χ0v) is 16.3. The molecule has 3 N–H and O–H groups in total. The molecule has 0 radical (unpaired) electrons. The molecule has 7 nitrogen and oxygen atoms in total. The van der Waals surface area contributed by atoms with Crippen molar-refractivity contribution in [3.63, 3.8) is 0 Å². The minimum atomic E-state index is -4.62. The fourth-order valence-electron chi connectivity index (χ4n) is 3.12. The molecule has 156 valence electrons. The van der Waals surface area contributed by atoms with Gasteiger partial charge in [-0.05, 0) is 33.0 Å². The predicted octanol–water partition coefficient (Wildman–Crippen LogP) is 3.78. The van der Waals surface area contributed by atoms with Gasteiger partial charge in [-0.2, -0.15) is 18.2 Å². The molecule has 2 aromatic heterocycles. The van der Waals surface area contributed by atoms with Crippen LogP contribution in [-0.4, -0.2) is 33.9 Å². The number of hydrogen-bond acceptors (Lipinski definition) is 7. The van der Waals surface area contributed by atoms with E-state index in [1.807, 2.05) is 0 Å². The maximum Gasteiger partial charge on any atom is 0.421 e. The van der Waals surface area contributed by atoms with Crippen molar-refractivity contribution in [2.24, 2.45) is 0 Å². The van der Waals surface area contributed by atoms with Crippen molar-refractivity contribution in [2.45, 2.75) is 50.5 Å². The summed E-state index contributed by atoms with van der Waals surface area (Å²) in [6, 6.07) is 0. The van der Waals surface area contributed by atoms with Gasteiger partial charge in [0.1, 0.15) is 21.4 Å². The summed E-state index contributed by atoms with van der Waals surface area (Å²) in [5, 5.41) is 8.69. The second-order valence-corrected chi connectivity index (χ2v) is 8.03. The number of nitrogens with zero attached hydrogens (tertiary/aromatic N) is 3. The van der Waals surface area contributed by atoms with Gasteiger partial charge in [0.15, 0.2) is 0 Å². The molecule has 2 aromatic rings. The Morgan fingerprint density at radius 2 is 2.21 bits per heavy atom. The number of alkyl halides is 3. The van der Waals surface area contributed by atoms with Gasteiger partial charge in [-0.1, -0.05) is 11.3 Å². The highest BCUT2D eigenvalue weighted by Crippen LogP contribution is 2.48. The average molecular weight is 429 g/mol. The standard InChI is InChI=1S/C18H21F3N6OS/c1-3-22-12-10(18(19,20)21)8-24-16(26-12)27-13-11(9-4-5-9)25-15(29-13)17(2)6-7-23-14(17)28/h8-9H,3-7H2,1-2H3,(H,23,28)(H2,22,24,26,27)/t17-/m0/s1/i2D3. The van der Waals surface area contributed by atoms with Crippen LogP contribution in [0.4, 0.5) is 29.9 Å². The SMILES string of the molecule is [2H]C([2H])([2H])[C@]1(c2nc(C3CC3)c(Nc3ncc(C(F)(F)F)c(NCC)n3)s2)CCNC1=O. The zero-order valence-electron chi connectivity index (χ0n) is 18.5. The van der Waals surface area contributed by atoms with Gasteiger partial charge in [-0.25, -0.2) is 9.97 Å². The highest BCUT2D eigenvalue weighted by atomic mass is 32.1. The van der Waals surface area contributed by atoms with E-state index in [4.69, 9.17) is 4.11 Å². The molecule has 0 spiro atoms. The van der Waals surface area contributed by atoms with Gasteiger partial charge >= 0.3 is 6.18 Å². The highest BCUT2D eigenvalue weighted by molar-refractivity contribution is 7.16. The Labute approximate surface area is 173 Å². The summed E-state index contributed by atoms with van der Waals surface area (Å²) < 4.78 is 63.7. The Kier molecular flexibility index (Phi) is 4.02. The van der Waals surface area contributed by atoms with E-state index in [0.29, 0.717) is 16.9 Å². The Hall–Kier alpha value is -2.43. The Morgan fingerprint density at radius 3 is 2.79 bits per heavy atom. The maximum atomic E-state index is 13.2. The predicted molar refractivity (Wildman–Crippen MR) is 104 cm³/mol. The van der Waals surface area contributed by atoms with Gasteiger partial charge in [-0.15, -0.1) is 0 Å². The Morgan fingerprint density at radius 1 is 1.41 bits per heavy atom. The summed E-state index contributed by atoms with van der Waals surface area (Å²) in [5.41, 5.74) is -2.15. The molecule has 2 fully saturated rings. The van der Waals surface area contributed by atoms with Gasteiger partial charge in [0, 0.05) is 29.3 Å². The van der Waals surface area contributed by atoms with E-state index in [0.717, 1.165) is 24.2 Å². The lowest BCUT2D eigenvalue weighted by Crippen LogP contribution is -2.32. The molecule has 3 heterocycles. The van der Waals surface area contributed by atoms with E-state index in [2.05, 4.69) is 30.9 Å². The van der Waals surface area contributed by atoms with E-state index in [-0.39, 0.29) is 42.2 Å². The van der Waals surface area contributed by atoms with Crippen LogP contribution >= 0.6 is 11.3 Å². The molecule has 4 rings (SSSR count). The molecule has 1 amide bonds. The highest BCUT2D eigenvalue weighted by Gasteiger charge is 2.44. The lowest BCUT2D eigenvalue weighted by Gasteiger charge is -2.16. The summed E-state index contributed by atoms with van der Waals surface area (Å²) >= 11 is 1.01. The maximum absolute atomic E-state index is 13.2. The largest absolute Gasteiger partial charge is 0.421 e. The number of anilines is 3. The topological polar surface area (TPSA) is 91.8 Å². The molecular weight excluding hydrogens is 405 g/mol. The molecule has 1 atom stereocenters. The molecule has 0 unspecified atom stereocenters. The Bertz CT molecular complexity index is 1040. The van der Waals surface area contributed by atoms with Crippen LogP contribution in [0.15, 0.2) is 6.20 Å². The number of rotatable bonds is 6. The molecule has 11 heteroatoms. The quantitative estimate of drug-likeness (QED) is 0.647. The normalized spacial score (nSPS) is 23.9. The summed E-state index contributed by atoms with van der Waals surface area (Å²) in [4.78, 5) is 24.9. The number of hydrogen-bond donors (Lipinski definition) is 3. The third kappa shape index (κ3) is 3.75. The van der Waals surface area contributed by atoms with Gasteiger partial charge in [0.2, 0.25) is 11.9 Å². The summed E-state index contributed by atoms with van der Waals surface area (Å²) in [6.45, 7) is -0.496. The summed E-state index contributed by atoms with van der Waals surface area (Å²) in [6.07, 6.45) is -2.14. The lowest BCUT2D eigenvalue weighted by molar-refractivity contribution is -0.137. The number of amides is 1. The van der Waals surface area contributed by atoms with Gasteiger partial charge < -0.3 is 16.0 Å². The molecule has 29 heavy (non-hydrogen) atoms. The third-order valence-electron chi connectivity index (χ3n) is 4.82. The lowest BCUT2D eigenvalue weighted by atomic mass is 9.90. The van der Waals surface area contributed by atoms with E-state index < -0.39 is 29.9 Å². The summed E-state index contributed by atoms with van der Waals surface area (Å²) in [7, 11) is 0. The monoisotopic (exact) mass is 429 g/mol. The second kappa shape index (κ2) is 7.12. The number of nitrogens with one attached hydrogen (secondary N) is 3. The fraction of sp³-hybridized carbons (Fsp3) is 0.556. The van der Waals surface area contributed by atoms with Crippen LogP contribution in [-0.2, 0) is 16.4 Å². The van der Waals surface area contributed by atoms with Crippen LogP contribution in [0.25, 0.3) is 0 Å². The summed E-state index contributed by atoms with van der Waals surface area (Å²) in [5.74, 6) is -0.946. The fourth-order valence-corrected chi connectivity index (χ4v) is 4.29. The van der Waals surface area contributed by atoms with Crippen molar-refractivity contribution in [1.29, 1.82) is 0 Å². The van der Waals surface area contributed by atoms with Crippen molar-refractivity contribution < 1.29 is 22.1 Å². The van der Waals surface area contributed by atoms with E-state index in [1.54, 1.807) is 6.92 Å². The molecule has 0 bridgehead atoms. The molecule has 1 saturated heterocycles. The van der Waals surface area contributed by atoms with Crippen molar-refractivity contribution in [1.82, 2.24) is 20.3 Å². The minimum absolute atomic E-state index is 0.0788. The first-order valence-corrected chi connectivity index (χ1v) is 10.0. The zero-order chi connectivity index (χ0) is 23.3. The number of halogens is 3. The first-order valence-electron chi connectivity index (χ1n) is 10.7. The smallest absolute Gasteiger partial charge is 0.370 e. The number of carbonyl (C=O) groups excluding carboxylic acids is 1. The molecule has 1 saturated carbocycles. The van der Waals surface area contributed by atoms with Crippen molar-refractivity contribution in [3.05, 3.63) is 22.5 Å². The van der Waals surface area contributed by atoms with E-state index in [1.165, 1.54) is 0 Å². The van der Waals surface area contributed by atoms with Crippen LogP contribution in [0.2, 0.25) is 0 Å². The third-order valence-corrected chi connectivity index (χ3v) is 5.97. The van der Waals surface area contributed by atoms with Crippen molar-refractivity contribution in [3.8, 4) is 0 Å². The van der Waals surface area contributed by atoms with Crippen LogP contribution in [0.3, 0.4) is 0 Å². The van der Waals surface area contributed by atoms with Gasteiger partial charge in [0.05, 0.1) is 11.1 Å². The second-order valence-electron chi connectivity index (χ2n) is 7.03. The number of aromatic nitrogens is 3. The molecule has 1 aliphatic carbocycles. The Balaban J connectivity index is 1.73. The molecule has 1 aliphatic heterocycles. The van der Waals surface area contributed by atoms with Crippen molar-refractivity contribution >= 4 is 34.0 Å². The van der Waals surface area contributed by atoms with Gasteiger partial charge in [0.25, 0.3) is 0 Å². The van der Waals surface area contributed by atoms with Crippen molar-refractivity contribution in [2.75, 3.05) is 23.7 Å². The molecular formula is C18H21F3N6OS. The molecule has 2 aliphatic rings. The van der Waals surface area contributed by atoms with Crippen LogP contribution in [0.5, 0.6) is 0 Å². The van der Waals surface area contributed by atoms with Crippen LogP contribution in [0.1, 0.15) is 59.3 Å². The minimum Gasteiger partial charge on any atom is -0.370 e. The van der Waals surface area contributed by atoms with Crippen LogP contribution in [0, 0.1) is 0 Å². The van der Waals surface area contributed by atoms with Gasteiger partial charge in [-0.3, -0.25) is 4.79 Å². The van der Waals surface area contributed by atoms with E-state index in [9.17, 15) is 18.0 Å².